The summed E-state index contributed by atoms with van der Waals surface area (Å²) in [4.78, 5) is 12.0. The maximum absolute atomic E-state index is 12.0. The molecule has 0 radical (unpaired) electrons. The van der Waals surface area contributed by atoms with Gasteiger partial charge < -0.3 is 13.3 Å². The normalized spacial score (nSPS) is 25.0. The van der Waals surface area contributed by atoms with Crippen LogP contribution in [0.15, 0.2) is 10.8 Å². The summed E-state index contributed by atoms with van der Waals surface area (Å²) in [5.74, 6) is 1.17. The summed E-state index contributed by atoms with van der Waals surface area (Å²) in [6, 6.07) is 0. The van der Waals surface area contributed by atoms with Gasteiger partial charge in [-0.3, -0.25) is 4.79 Å². The largest absolute Gasteiger partial charge is 0.532 e. The topological polar surface area (TPSA) is 44.8 Å². The first-order chi connectivity index (χ1) is 10.1. The molecule has 2 aliphatic rings. The number of fused-ring (bicyclic) bond motifs is 2. The van der Waals surface area contributed by atoms with Crippen LogP contribution in [0.2, 0.25) is 0 Å². The molecule has 2 aliphatic carbocycles. The Hall–Kier alpha value is -0.143. The van der Waals surface area contributed by atoms with Crippen molar-refractivity contribution in [3.63, 3.8) is 0 Å². The molecule has 0 spiro atoms. The standard InChI is InChI=1S/C15H26O4SSi/c1-4-17-21(18-5-2,19-6-3)15-9-11-7-12(15)8-13(11)14(16)10-20/h11,13,20H,4-10H2,1-3H3. The summed E-state index contributed by atoms with van der Waals surface area (Å²) in [6.45, 7) is 7.70. The minimum Gasteiger partial charge on any atom is -0.370 e. The molecule has 1 fully saturated rings. The summed E-state index contributed by atoms with van der Waals surface area (Å²) in [7, 11) is -2.74. The van der Waals surface area contributed by atoms with Gasteiger partial charge in [0.2, 0.25) is 0 Å². The maximum Gasteiger partial charge on any atom is 0.532 e. The van der Waals surface area contributed by atoms with Crippen LogP contribution in [-0.2, 0) is 18.1 Å². The van der Waals surface area contributed by atoms with Crippen molar-refractivity contribution in [3.8, 4) is 0 Å². The summed E-state index contributed by atoms with van der Waals surface area (Å²) in [5.41, 5.74) is 1.35. The SMILES string of the molecule is CCO[Si](OCC)(OCC)C1=C2CC(C1)C(C(=O)CS)C2. The summed E-state index contributed by atoms with van der Waals surface area (Å²) in [6.07, 6.45) is 2.74. The molecule has 6 heteroatoms. The smallest absolute Gasteiger partial charge is 0.370 e. The minimum atomic E-state index is -2.74. The first kappa shape index (κ1) is 17.2. The molecule has 0 heterocycles. The summed E-state index contributed by atoms with van der Waals surface area (Å²) >= 11 is 4.13. The highest BCUT2D eigenvalue weighted by atomic mass is 32.1. The second kappa shape index (κ2) is 7.42. The van der Waals surface area contributed by atoms with Gasteiger partial charge in [-0.15, -0.1) is 0 Å². The number of ketones is 1. The van der Waals surface area contributed by atoms with Gasteiger partial charge in [0.1, 0.15) is 5.78 Å². The highest BCUT2D eigenvalue weighted by Gasteiger charge is 2.53. The zero-order valence-electron chi connectivity index (χ0n) is 13.2. The van der Waals surface area contributed by atoms with E-state index in [0.717, 1.165) is 19.3 Å². The Kier molecular flexibility index (Phi) is 6.08. The van der Waals surface area contributed by atoms with Crippen molar-refractivity contribution in [1.82, 2.24) is 0 Å². The third-order valence-electron chi connectivity index (χ3n) is 4.38. The molecule has 4 nitrogen and oxygen atoms in total. The van der Waals surface area contributed by atoms with E-state index in [9.17, 15) is 4.79 Å². The fourth-order valence-corrected chi connectivity index (χ4v) is 6.93. The number of allylic oxidation sites excluding steroid dienone is 2. The number of thiol groups is 1. The molecule has 2 atom stereocenters. The highest BCUT2D eigenvalue weighted by molar-refractivity contribution is 7.81. The van der Waals surface area contributed by atoms with Crippen LogP contribution in [0.25, 0.3) is 0 Å². The van der Waals surface area contributed by atoms with Crippen LogP contribution in [-0.4, -0.2) is 40.2 Å². The fourth-order valence-electron chi connectivity index (χ4n) is 3.63. The highest BCUT2D eigenvalue weighted by Crippen LogP contribution is 2.51. The molecule has 2 rings (SSSR count). The predicted octanol–water partition coefficient (Wildman–Crippen LogP) is 2.80. The lowest BCUT2D eigenvalue weighted by molar-refractivity contribution is -0.121. The first-order valence-electron chi connectivity index (χ1n) is 7.88. The van der Waals surface area contributed by atoms with E-state index >= 15 is 0 Å². The van der Waals surface area contributed by atoms with Gasteiger partial charge in [0.25, 0.3) is 0 Å². The molecular formula is C15H26O4SSi. The lowest BCUT2D eigenvalue weighted by atomic mass is 9.89. The molecule has 0 aliphatic heterocycles. The summed E-state index contributed by atoms with van der Waals surface area (Å²) in [5, 5.41) is 1.25. The monoisotopic (exact) mass is 330 g/mol. The molecule has 0 saturated heterocycles. The van der Waals surface area contributed by atoms with E-state index in [2.05, 4.69) is 12.6 Å². The first-order valence-corrected chi connectivity index (χ1v) is 10.2. The number of hydrogen-bond donors (Lipinski definition) is 1. The zero-order valence-corrected chi connectivity index (χ0v) is 15.1. The molecule has 2 bridgehead atoms. The molecule has 0 aromatic carbocycles. The van der Waals surface area contributed by atoms with Crippen LogP contribution in [0.3, 0.4) is 0 Å². The van der Waals surface area contributed by atoms with Crippen molar-refractivity contribution in [2.45, 2.75) is 40.0 Å². The van der Waals surface area contributed by atoms with Crippen LogP contribution >= 0.6 is 12.6 Å². The lowest BCUT2D eigenvalue weighted by Gasteiger charge is -2.33. The maximum atomic E-state index is 12.0. The second-order valence-corrected chi connectivity index (χ2v) is 8.44. The Morgan fingerprint density at radius 2 is 1.67 bits per heavy atom. The Labute approximate surface area is 134 Å². The minimum absolute atomic E-state index is 0.151. The van der Waals surface area contributed by atoms with Crippen LogP contribution in [0.5, 0.6) is 0 Å². The number of hydrogen-bond acceptors (Lipinski definition) is 5. The average molecular weight is 331 g/mol. The van der Waals surface area contributed by atoms with Gasteiger partial charge in [0, 0.05) is 31.5 Å². The average Bonchev–Trinajstić information content (AvgIpc) is 3.07. The van der Waals surface area contributed by atoms with Crippen LogP contribution in [0.4, 0.5) is 0 Å². The summed E-state index contributed by atoms with van der Waals surface area (Å²) < 4.78 is 18.0. The fraction of sp³-hybridized carbons (Fsp3) is 0.800. The van der Waals surface area contributed by atoms with E-state index in [0.29, 0.717) is 31.5 Å². The van der Waals surface area contributed by atoms with Gasteiger partial charge in [0.05, 0.1) is 0 Å². The molecule has 0 aromatic heterocycles. The Morgan fingerprint density at radius 3 is 2.05 bits per heavy atom. The molecule has 0 aromatic rings. The van der Waals surface area contributed by atoms with Crippen molar-refractivity contribution in [3.05, 3.63) is 10.8 Å². The van der Waals surface area contributed by atoms with Gasteiger partial charge in [-0.2, -0.15) is 12.6 Å². The Balaban J connectivity index is 2.25. The van der Waals surface area contributed by atoms with Gasteiger partial charge in [-0.05, 0) is 51.1 Å². The van der Waals surface area contributed by atoms with Crippen molar-refractivity contribution in [1.29, 1.82) is 0 Å². The van der Waals surface area contributed by atoms with Crippen molar-refractivity contribution in [2.24, 2.45) is 11.8 Å². The van der Waals surface area contributed by atoms with E-state index in [1.807, 2.05) is 20.8 Å². The number of Topliss-reactive ketones (excluding diaryl/α,β-unsaturated/α-hetero) is 1. The van der Waals surface area contributed by atoms with Gasteiger partial charge in [-0.25, -0.2) is 0 Å². The van der Waals surface area contributed by atoms with E-state index in [1.165, 1.54) is 10.8 Å². The number of carbonyl (C=O) groups excluding carboxylic acids is 1. The van der Waals surface area contributed by atoms with Crippen LogP contribution in [0, 0.1) is 11.8 Å². The van der Waals surface area contributed by atoms with Crippen molar-refractivity contribution >= 4 is 27.2 Å². The molecular weight excluding hydrogens is 304 g/mol. The van der Waals surface area contributed by atoms with E-state index in [-0.39, 0.29) is 11.7 Å². The Bertz CT molecular complexity index is 407. The quantitative estimate of drug-likeness (QED) is 0.521. The van der Waals surface area contributed by atoms with Crippen molar-refractivity contribution < 1.29 is 18.1 Å². The number of carbonyl (C=O) groups is 1. The Morgan fingerprint density at radius 1 is 1.10 bits per heavy atom. The third kappa shape index (κ3) is 3.29. The van der Waals surface area contributed by atoms with Gasteiger partial charge in [-0.1, -0.05) is 5.57 Å². The molecule has 1 saturated carbocycles. The number of rotatable bonds is 9. The predicted molar refractivity (Wildman–Crippen MR) is 87.3 cm³/mol. The third-order valence-corrected chi connectivity index (χ3v) is 7.99. The molecule has 21 heavy (non-hydrogen) atoms. The van der Waals surface area contributed by atoms with Crippen LogP contribution in [0.1, 0.15) is 40.0 Å². The molecule has 0 N–H and O–H groups in total. The van der Waals surface area contributed by atoms with Crippen LogP contribution < -0.4 is 0 Å². The lowest BCUT2D eigenvalue weighted by Crippen LogP contribution is -2.49. The molecule has 0 amide bonds. The van der Waals surface area contributed by atoms with Gasteiger partial charge in [0.15, 0.2) is 0 Å². The van der Waals surface area contributed by atoms with Gasteiger partial charge >= 0.3 is 8.80 Å². The molecule has 120 valence electrons. The van der Waals surface area contributed by atoms with Crippen molar-refractivity contribution in [2.75, 3.05) is 25.6 Å². The van der Waals surface area contributed by atoms with E-state index < -0.39 is 8.80 Å². The van der Waals surface area contributed by atoms with E-state index in [1.54, 1.807) is 0 Å². The molecule has 2 unspecified atom stereocenters. The van der Waals surface area contributed by atoms with E-state index in [4.69, 9.17) is 13.3 Å². The second-order valence-electron chi connectivity index (χ2n) is 5.54. The zero-order chi connectivity index (χ0) is 15.5.